The van der Waals surface area contributed by atoms with Crippen molar-refractivity contribution in [3.63, 3.8) is 0 Å². The van der Waals surface area contributed by atoms with Gasteiger partial charge in [-0.3, -0.25) is 4.79 Å². The minimum Gasteiger partial charge on any atom is -0.468 e. The predicted molar refractivity (Wildman–Crippen MR) is 62.1 cm³/mol. The van der Waals surface area contributed by atoms with Gasteiger partial charge >= 0.3 is 5.97 Å². The fourth-order valence-electron chi connectivity index (χ4n) is 1.75. The number of benzene rings is 1. The number of esters is 1. The van der Waals surface area contributed by atoms with Crippen LogP contribution in [0.15, 0.2) is 24.3 Å². The molecule has 0 radical (unpaired) electrons. The van der Waals surface area contributed by atoms with Gasteiger partial charge in [0.15, 0.2) is 0 Å². The number of hydrogen-bond acceptors (Lipinski definition) is 3. The second-order valence-electron chi connectivity index (χ2n) is 4.20. The first kappa shape index (κ1) is 11.1. The van der Waals surface area contributed by atoms with Gasteiger partial charge in [-0.25, -0.2) is 0 Å². The maximum Gasteiger partial charge on any atom is 0.319 e. The van der Waals surface area contributed by atoms with Crippen LogP contribution in [0.4, 0.5) is 0 Å². The highest BCUT2D eigenvalue weighted by Gasteiger charge is 2.23. The number of methoxy groups -OCH3 is 1. The maximum atomic E-state index is 10.9. The Morgan fingerprint density at radius 3 is 3.00 bits per heavy atom. The highest BCUT2D eigenvalue weighted by Crippen LogP contribution is 2.40. The highest BCUT2D eigenvalue weighted by atomic mass is 16.5. The Hall–Kier alpha value is -1.35. The summed E-state index contributed by atoms with van der Waals surface area (Å²) in [6, 6.07) is 8.57. The number of carbonyl (C=O) groups is 1. The molecule has 1 aromatic rings. The summed E-state index contributed by atoms with van der Waals surface area (Å²) < 4.78 is 4.56. The van der Waals surface area contributed by atoms with Crippen molar-refractivity contribution in [3.05, 3.63) is 35.4 Å². The summed E-state index contributed by atoms with van der Waals surface area (Å²) >= 11 is 0. The second-order valence-corrected chi connectivity index (χ2v) is 4.20. The molecular formula is C13H17NO2. The molecule has 0 atom stereocenters. The first-order valence-electron chi connectivity index (χ1n) is 5.66. The van der Waals surface area contributed by atoms with Crippen LogP contribution in [-0.4, -0.2) is 19.6 Å². The van der Waals surface area contributed by atoms with E-state index < -0.39 is 0 Å². The van der Waals surface area contributed by atoms with Crippen LogP contribution in [-0.2, 0) is 16.1 Å². The fourth-order valence-corrected chi connectivity index (χ4v) is 1.75. The Labute approximate surface area is 95.8 Å². The topological polar surface area (TPSA) is 38.3 Å². The quantitative estimate of drug-likeness (QED) is 0.768. The molecule has 0 aromatic heterocycles. The summed E-state index contributed by atoms with van der Waals surface area (Å²) in [7, 11) is 1.40. The molecule has 86 valence electrons. The third-order valence-electron chi connectivity index (χ3n) is 2.83. The van der Waals surface area contributed by atoms with Crippen LogP contribution in [0, 0.1) is 0 Å². The molecule has 1 saturated carbocycles. The van der Waals surface area contributed by atoms with Crippen molar-refractivity contribution in [1.82, 2.24) is 5.32 Å². The average molecular weight is 219 g/mol. The predicted octanol–water partition coefficient (Wildman–Crippen LogP) is 1.83. The molecule has 1 aromatic carbocycles. The molecule has 0 bridgehead atoms. The summed E-state index contributed by atoms with van der Waals surface area (Å²) in [6.45, 7) is 0.986. The van der Waals surface area contributed by atoms with Crippen LogP contribution in [0.25, 0.3) is 0 Å². The van der Waals surface area contributed by atoms with Crippen molar-refractivity contribution in [1.29, 1.82) is 0 Å². The molecule has 0 amide bonds. The third kappa shape index (κ3) is 3.07. The lowest BCUT2D eigenvalue weighted by Crippen LogP contribution is -2.23. The van der Waals surface area contributed by atoms with E-state index in [4.69, 9.17) is 0 Å². The third-order valence-corrected chi connectivity index (χ3v) is 2.83. The van der Waals surface area contributed by atoms with Crippen LogP contribution >= 0.6 is 0 Å². The summed E-state index contributed by atoms with van der Waals surface area (Å²) in [4.78, 5) is 10.9. The molecule has 1 N–H and O–H groups in total. The largest absolute Gasteiger partial charge is 0.468 e. The number of nitrogens with one attached hydrogen (secondary N) is 1. The summed E-state index contributed by atoms with van der Waals surface area (Å²) in [5, 5.41) is 3.06. The number of rotatable bonds is 5. The van der Waals surface area contributed by atoms with Gasteiger partial charge < -0.3 is 10.1 Å². The Morgan fingerprint density at radius 1 is 1.50 bits per heavy atom. The van der Waals surface area contributed by atoms with E-state index in [0.717, 1.165) is 12.5 Å². The molecular weight excluding hydrogens is 202 g/mol. The molecule has 0 spiro atoms. The van der Waals surface area contributed by atoms with E-state index in [2.05, 4.69) is 34.3 Å². The minimum absolute atomic E-state index is 0.224. The van der Waals surface area contributed by atoms with Gasteiger partial charge in [-0.05, 0) is 29.9 Å². The normalized spacial score (nSPS) is 14.8. The maximum absolute atomic E-state index is 10.9. The van der Waals surface area contributed by atoms with Crippen molar-refractivity contribution in [2.75, 3.05) is 13.7 Å². The van der Waals surface area contributed by atoms with Crippen molar-refractivity contribution in [2.24, 2.45) is 0 Å². The first-order valence-corrected chi connectivity index (χ1v) is 5.66. The van der Waals surface area contributed by atoms with E-state index in [-0.39, 0.29) is 12.5 Å². The van der Waals surface area contributed by atoms with E-state index in [1.165, 1.54) is 31.1 Å². The lowest BCUT2D eigenvalue weighted by Gasteiger charge is -2.05. The van der Waals surface area contributed by atoms with Crippen LogP contribution in [0.5, 0.6) is 0 Å². The number of hydrogen-bond donors (Lipinski definition) is 1. The van der Waals surface area contributed by atoms with Crippen LogP contribution in [0.2, 0.25) is 0 Å². The average Bonchev–Trinajstić information content (AvgIpc) is 3.13. The minimum atomic E-state index is -0.224. The Balaban J connectivity index is 1.84. The van der Waals surface area contributed by atoms with Gasteiger partial charge in [-0.2, -0.15) is 0 Å². The molecule has 1 aliphatic carbocycles. The Morgan fingerprint density at radius 2 is 2.31 bits per heavy atom. The van der Waals surface area contributed by atoms with E-state index >= 15 is 0 Å². The molecule has 3 nitrogen and oxygen atoms in total. The smallest absolute Gasteiger partial charge is 0.319 e. The van der Waals surface area contributed by atoms with Gasteiger partial charge in [0.05, 0.1) is 13.7 Å². The number of ether oxygens (including phenoxy) is 1. The molecule has 0 saturated heterocycles. The van der Waals surface area contributed by atoms with Crippen LogP contribution in [0.3, 0.4) is 0 Å². The van der Waals surface area contributed by atoms with E-state index in [1.807, 2.05) is 0 Å². The SMILES string of the molecule is COC(=O)CNCc1cccc(C2CC2)c1. The van der Waals surface area contributed by atoms with Gasteiger partial charge in [-0.15, -0.1) is 0 Å². The second kappa shape index (κ2) is 5.12. The van der Waals surface area contributed by atoms with Crippen LogP contribution in [0.1, 0.15) is 29.9 Å². The van der Waals surface area contributed by atoms with E-state index in [9.17, 15) is 4.79 Å². The van der Waals surface area contributed by atoms with Gasteiger partial charge in [0.1, 0.15) is 0 Å². The summed E-state index contributed by atoms with van der Waals surface area (Å²) in [6.07, 6.45) is 2.64. The van der Waals surface area contributed by atoms with Crippen molar-refractivity contribution in [3.8, 4) is 0 Å². The molecule has 2 rings (SSSR count). The molecule has 0 heterocycles. The molecule has 3 heteroatoms. The number of carbonyl (C=O) groups excluding carboxylic acids is 1. The molecule has 1 aliphatic rings. The van der Waals surface area contributed by atoms with Gasteiger partial charge in [-0.1, -0.05) is 24.3 Å². The monoisotopic (exact) mass is 219 g/mol. The lowest BCUT2D eigenvalue weighted by atomic mass is 10.1. The van der Waals surface area contributed by atoms with Crippen molar-refractivity contribution >= 4 is 5.97 Å². The van der Waals surface area contributed by atoms with E-state index in [1.54, 1.807) is 0 Å². The molecule has 16 heavy (non-hydrogen) atoms. The van der Waals surface area contributed by atoms with E-state index in [0.29, 0.717) is 0 Å². The zero-order chi connectivity index (χ0) is 11.4. The fraction of sp³-hybridized carbons (Fsp3) is 0.462. The Kier molecular flexibility index (Phi) is 3.57. The van der Waals surface area contributed by atoms with Crippen molar-refractivity contribution in [2.45, 2.75) is 25.3 Å². The van der Waals surface area contributed by atoms with Crippen molar-refractivity contribution < 1.29 is 9.53 Å². The summed E-state index contributed by atoms with van der Waals surface area (Å²) in [5.41, 5.74) is 2.66. The first-order chi connectivity index (χ1) is 7.79. The van der Waals surface area contributed by atoms with Gasteiger partial charge in [0, 0.05) is 6.54 Å². The molecule has 0 unspecified atom stereocenters. The highest BCUT2D eigenvalue weighted by molar-refractivity contribution is 5.71. The molecule has 0 aliphatic heterocycles. The van der Waals surface area contributed by atoms with Crippen LogP contribution < -0.4 is 5.32 Å². The zero-order valence-corrected chi connectivity index (χ0v) is 9.53. The molecule has 1 fully saturated rings. The van der Waals surface area contributed by atoms with Gasteiger partial charge in [0.2, 0.25) is 0 Å². The Bertz CT molecular complexity index is 372. The summed E-state index contributed by atoms with van der Waals surface area (Å²) in [5.74, 6) is 0.555. The zero-order valence-electron chi connectivity index (χ0n) is 9.53. The lowest BCUT2D eigenvalue weighted by molar-refractivity contribution is -0.139. The standard InChI is InChI=1S/C13H17NO2/c1-16-13(15)9-14-8-10-3-2-4-12(7-10)11-5-6-11/h2-4,7,11,14H,5-6,8-9H2,1H3. The van der Waals surface area contributed by atoms with Gasteiger partial charge in [0.25, 0.3) is 0 Å².